The topological polar surface area (TPSA) is 142 Å². The second-order valence-corrected chi connectivity index (χ2v) is 17.5. The molecule has 13 nitrogen and oxygen atoms in total. The summed E-state index contributed by atoms with van der Waals surface area (Å²) in [5, 5.41) is 16.9. The SMILES string of the molecule is CN/C(=C/C(=N)N1CCc2c(CN3CCC(N4CCC5(CCN(C(=O)OC(C)(C)C)CC5)CC4)C(F)(F)C3)cccc21)C1=NC=C(C(=O)N[C@@H]2CC[C@H]2OC)[NH2+]1. The van der Waals surface area contributed by atoms with Crippen molar-refractivity contribution in [1.82, 2.24) is 25.3 Å². The van der Waals surface area contributed by atoms with Crippen LogP contribution in [-0.4, -0.2) is 128 Å². The number of nitrogens with one attached hydrogen (secondary N) is 3. The average molecular weight is 781 g/mol. The van der Waals surface area contributed by atoms with E-state index in [1.165, 1.54) is 0 Å². The molecule has 1 aromatic carbocycles. The predicted molar refractivity (Wildman–Crippen MR) is 211 cm³/mol. The Morgan fingerprint density at radius 3 is 2.43 bits per heavy atom. The minimum atomic E-state index is -2.83. The Morgan fingerprint density at radius 1 is 1.05 bits per heavy atom. The fourth-order valence-electron chi connectivity index (χ4n) is 9.32. The Balaban J connectivity index is 0.907. The highest BCUT2D eigenvalue weighted by atomic mass is 19.3. The number of halogens is 2. The number of nitrogens with two attached hydrogens (primary N) is 1. The van der Waals surface area contributed by atoms with Gasteiger partial charge in [0, 0.05) is 58.6 Å². The van der Waals surface area contributed by atoms with E-state index < -0.39 is 17.6 Å². The zero-order valence-electron chi connectivity index (χ0n) is 33.6. The van der Waals surface area contributed by atoms with Crippen LogP contribution in [0.3, 0.4) is 0 Å². The number of amides is 2. The summed E-state index contributed by atoms with van der Waals surface area (Å²) in [6.07, 6.45) is 9.55. The third-order valence-electron chi connectivity index (χ3n) is 12.8. The Morgan fingerprint density at radius 2 is 1.79 bits per heavy atom. The largest absolute Gasteiger partial charge is 0.444 e. The maximum absolute atomic E-state index is 16.0. The van der Waals surface area contributed by atoms with Crippen LogP contribution < -0.4 is 20.9 Å². The number of hydrogen-bond donors (Lipinski definition) is 4. The molecule has 0 radical (unpaired) electrons. The fourth-order valence-corrected chi connectivity index (χ4v) is 9.32. The number of likely N-dealkylation sites (tertiary alicyclic amines) is 3. The van der Waals surface area contributed by atoms with Gasteiger partial charge in [-0.1, -0.05) is 12.1 Å². The van der Waals surface area contributed by atoms with Gasteiger partial charge in [0.1, 0.15) is 23.3 Å². The molecule has 5 heterocycles. The first-order chi connectivity index (χ1) is 26.7. The normalized spacial score (nSPS) is 26.6. The van der Waals surface area contributed by atoms with E-state index in [0.717, 1.165) is 61.8 Å². The van der Waals surface area contributed by atoms with Gasteiger partial charge in [0.15, 0.2) is 0 Å². The van der Waals surface area contributed by atoms with Crippen LogP contribution >= 0.6 is 0 Å². The molecule has 5 N–H and O–H groups in total. The van der Waals surface area contributed by atoms with Crippen LogP contribution in [0, 0.1) is 10.8 Å². The van der Waals surface area contributed by atoms with Crippen LogP contribution in [-0.2, 0) is 27.2 Å². The number of carbonyl (C=O) groups is 2. The summed E-state index contributed by atoms with van der Waals surface area (Å²) < 4.78 is 42.9. The summed E-state index contributed by atoms with van der Waals surface area (Å²) in [6.45, 7) is 9.65. The zero-order valence-corrected chi connectivity index (χ0v) is 33.6. The number of anilines is 1. The van der Waals surface area contributed by atoms with Crippen LogP contribution in [0.25, 0.3) is 0 Å². The molecule has 1 unspecified atom stereocenters. The van der Waals surface area contributed by atoms with Crippen molar-refractivity contribution < 1.29 is 33.2 Å². The van der Waals surface area contributed by atoms with Gasteiger partial charge in [0.2, 0.25) is 5.70 Å². The van der Waals surface area contributed by atoms with Crippen molar-refractivity contribution in [3.05, 3.63) is 53.0 Å². The number of nitrogens with zero attached hydrogens (tertiary/aromatic N) is 5. The minimum Gasteiger partial charge on any atom is -0.444 e. The number of rotatable bonds is 9. The van der Waals surface area contributed by atoms with Crippen molar-refractivity contribution >= 4 is 29.4 Å². The summed E-state index contributed by atoms with van der Waals surface area (Å²) in [5.74, 6) is -2.18. The van der Waals surface area contributed by atoms with Crippen LogP contribution in [0.1, 0.15) is 76.8 Å². The predicted octanol–water partition coefficient (Wildman–Crippen LogP) is 3.56. The number of likely N-dealkylation sites (N-methyl/N-ethyl adjacent to an activating group) is 1. The number of methoxy groups -OCH3 is 1. The standard InChI is InChI=1S/C41H59F2N9O4/c1-39(2,3)56-38(54)51-21-15-40(16-22-51)13-19-50(20-14-40)34-12-17-49(26-41(34,42)43)25-27-7-6-8-32-28(27)11-18-52(32)35(44)23-30(45-4)36-46-24-31(47-36)37(53)48-29-9-10-33(29)55-5/h6-8,23-24,29,33-34,44-45H,9-22,25-26H2,1-5H3,(H,46,47)(H,48,53)/p+1/b30-23+,44-35?/t29-,33-,34?/m1/s1. The molecule has 7 rings (SSSR count). The summed E-state index contributed by atoms with van der Waals surface area (Å²) >= 11 is 0. The quantitative estimate of drug-likeness (QED) is 0.220. The van der Waals surface area contributed by atoms with Gasteiger partial charge in [0.05, 0.1) is 24.7 Å². The van der Waals surface area contributed by atoms with E-state index in [-0.39, 0.29) is 41.9 Å². The van der Waals surface area contributed by atoms with Gasteiger partial charge in [-0.15, -0.1) is 0 Å². The Hall–Kier alpha value is -3.92. The molecule has 1 aromatic rings. The number of aliphatic imine (C=N–C) groups is 1. The van der Waals surface area contributed by atoms with Crippen molar-refractivity contribution in [2.24, 2.45) is 10.4 Å². The Bertz CT molecular complexity index is 1750. The van der Waals surface area contributed by atoms with Gasteiger partial charge < -0.3 is 29.9 Å². The van der Waals surface area contributed by atoms with Crippen molar-refractivity contribution in [3.8, 4) is 0 Å². The first-order valence-corrected chi connectivity index (χ1v) is 20.3. The van der Waals surface area contributed by atoms with E-state index in [4.69, 9.17) is 14.9 Å². The Labute approximate surface area is 329 Å². The summed E-state index contributed by atoms with van der Waals surface area (Å²) in [7, 11) is 3.42. The summed E-state index contributed by atoms with van der Waals surface area (Å²) in [4.78, 5) is 37.6. The first-order valence-electron chi connectivity index (χ1n) is 20.3. The van der Waals surface area contributed by atoms with E-state index in [9.17, 15) is 9.59 Å². The van der Waals surface area contributed by atoms with Gasteiger partial charge in [0.25, 0.3) is 11.8 Å². The smallest absolute Gasteiger partial charge is 0.410 e. The molecular formula is C41H60F2N9O4+. The number of benzene rings is 1. The third-order valence-corrected chi connectivity index (χ3v) is 12.8. The molecular weight excluding hydrogens is 721 g/mol. The lowest BCUT2D eigenvalue weighted by molar-refractivity contribution is -0.473. The molecule has 0 aromatic heterocycles. The molecule has 2 amide bonds. The van der Waals surface area contributed by atoms with E-state index in [1.54, 1.807) is 36.7 Å². The van der Waals surface area contributed by atoms with Crippen molar-refractivity contribution in [2.75, 3.05) is 64.9 Å². The molecule has 56 heavy (non-hydrogen) atoms. The van der Waals surface area contributed by atoms with Gasteiger partial charge in [-0.3, -0.25) is 25.3 Å². The zero-order chi connectivity index (χ0) is 39.8. The maximum atomic E-state index is 16.0. The summed E-state index contributed by atoms with van der Waals surface area (Å²) in [6, 6.07) is 5.21. The van der Waals surface area contributed by atoms with Gasteiger partial charge >= 0.3 is 12.0 Å². The van der Waals surface area contributed by atoms with Crippen molar-refractivity contribution in [2.45, 2.75) is 108 Å². The third kappa shape index (κ3) is 8.65. The van der Waals surface area contributed by atoms with Crippen LogP contribution in [0.4, 0.5) is 19.3 Å². The molecule has 5 aliphatic heterocycles. The molecule has 6 aliphatic rings. The molecule has 3 atom stereocenters. The van der Waals surface area contributed by atoms with Crippen LogP contribution in [0.5, 0.6) is 0 Å². The molecule has 306 valence electrons. The highest BCUT2D eigenvalue weighted by Crippen LogP contribution is 2.44. The molecule has 1 spiro atoms. The number of quaternary nitrogens is 1. The highest BCUT2D eigenvalue weighted by Gasteiger charge is 2.50. The van der Waals surface area contributed by atoms with E-state index in [2.05, 4.69) is 15.6 Å². The lowest BCUT2D eigenvalue weighted by atomic mass is 9.71. The molecule has 4 fully saturated rings. The van der Waals surface area contributed by atoms with Gasteiger partial charge in [-0.05, 0) is 108 Å². The number of piperidine rings is 3. The summed E-state index contributed by atoms with van der Waals surface area (Å²) in [5.41, 5.74) is 3.70. The van der Waals surface area contributed by atoms with E-state index >= 15 is 8.78 Å². The first kappa shape index (κ1) is 40.3. The lowest BCUT2D eigenvalue weighted by Gasteiger charge is -2.50. The second-order valence-electron chi connectivity index (χ2n) is 17.5. The number of fused-ring (bicyclic) bond motifs is 1. The molecule has 1 saturated carbocycles. The molecule has 0 bridgehead atoms. The number of amidine groups is 2. The fraction of sp³-hybridized carbons (Fsp3) is 0.659. The molecule has 1 aliphatic carbocycles. The van der Waals surface area contributed by atoms with Gasteiger partial charge in [-0.25, -0.2) is 13.6 Å². The number of alkyl halides is 2. The van der Waals surface area contributed by atoms with Crippen molar-refractivity contribution in [3.63, 3.8) is 0 Å². The number of ether oxygens (including phenoxy) is 2. The van der Waals surface area contributed by atoms with Crippen LogP contribution in [0.2, 0.25) is 0 Å². The number of hydrogen-bond acceptors (Lipinski definition) is 9. The number of carbonyl (C=O) groups excluding carboxylic acids is 2. The van der Waals surface area contributed by atoms with Crippen molar-refractivity contribution in [1.29, 1.82) is 5.41 Å². The minimum absolute atomic E-state index is 0.000137. The lowest BCUT2D eigenvalue weighted by Crippen LogP contribution is -2.87. The highest BCUT2D eigenvalue weighted by molar-refractivity contribution is 6.10. The Kier molecular flexibility index (Phi) is 11.6. The average Bonchev–Trinajstić information content (AvgIpc) is 3.81. The van der Waals surface area contributed by atoms with E-state index in [0.29, 0.717) is 69.5 Å². The second kappa shape index (κ2) is 16.1. The monoisotopic (exact) mass is 780 g/mol. The molecule has 3 saturated heterocycles. The van der Waals surface area contributed by atoms with Gasteiger partial charge in [-0.2, -0.15) is 4.99 Å². The van der Waals surface area contributed by atoms with Crippen LogP contribution in [0.15, 0.2) is 46.9 Å². The van der Waals surface area contributed by atoms with E-state index in [1.807, 2.05) is 53.7 Å². The maximum Gasteiger partial charge on any atom is 0.410 e. The molecule has 15 heteroatoms.